The summed E-state index contributed by atoms with van der Waals surface area (Å²) >= 11 is 0. The molecular formula is C17H17N3O. The minimum atomic E-state index is -0.142. The van der Waals surface area contributed by atoms with Crippen molar-refractivity contribution in [2.24, 2.45) is 5.73 Å². The lowest BCUT2D eigenvalue weighted by Gasteiger charge is -2.06. The van der Waals surface area contributed by atoms with E-state index in [9.17, 15) is 4.79 Å². The van der Waals surface area contributed by atoms with Crippen LogP contribution in [-0.2, 0) is 6.54 Å². The van der Waals surface area contributed by atoms with Crippen LogP contribution in [0.25, 0.3) is 0 Å². The number of benzene rings is 1. The molecule has 4 heteroatoms. The van der Waals surface area contributed by atoms with Gasteiger partial charge in [0.2, 0.25) is 0 Å². The summed E-state index contributed by atoms with van der Waals surface area (Å²) in [7, 11) is 0. The molecule has 1 aromatic carbocycles. The first-order valence-electron chi connectivity index (χ1n) is 6.68. The van der Waals surface area contributed by atoms with Crippen LogP contribution in [0.15, 0.2) is 42.6 Å². The first-order chi connectivity index (χ1) is 10.2. The van der Waals surface area contributed by atoms with E-state index in [4.69, 9.17) is 5.73 Å². The van der Waals surface area contributed by atoms with Crippen LogP contribution in [0.4, 0.5) is 0 Å². The van der Waals surface area contributed by atoms with E-state index < -0.39 is 0 Å². The third kappa shape index (κ3) is 4.16. The number of amides is 1. The lowest BCUT2D eigenvalue weighted by molar-refractivity contribution is 0.0950. The molecule has 0 fully saturated rings. The Morgan fingerprint density at radius 1 is 1.33 bits per heavy atom. The van der Waals surface area contributed by atoms with Crippen molar-refractivity contribution in [2.75, 3.05) is 6.54 Å². The van der Waals surface area contributed by atoms with Crippen molar-refractivity contribution in [1.29, 1.82) is 0 Å². The minimum absolute atomic E-state index is 0.142. The van der Waals surface area contributed by atoms with Crippen molar-refractivity contribution in [3.8, 4) is 11.8 Å². The molecule has 0 radical (unpaired) electrons. The van der Waals surface area contributed by atoms with Gasteiger partial charge in [-0.3, -0.25) is 9.78 Å². The third-order valence-corrected chi connectivity index (χ3v) is 2.98. The number of aromatic nitrogens is 1. The molecule has 1 amide bonds. The van der Waals surface area contributed by atoms with Crippen LogP contribution >= 0.6 is 0 Å². The number of aryl methyl sites for hydroxylation is 1. The standard InChI is InChI=1S/C17H17N3O/c1-13-7-8-15(11-14(13)5-4-9-18)17(21)20-12-16-6-2-3-10-19-16/h2-3,6-8,10-11H,9,12,18H2,1H3,(H,20,21). The van der Waals surface area contributed by atoms with Gasteiger partial charge in [0.1, 0.15) is 0 Å². The number of rotatable bonds is 3. The van der Waals surface area contributed by atoms with Gasteiger partial charge in [-0.1, -0.05) is 24.0 Å². The summed E-state index contributed by atoms with van der Waals surface area (Å²) in [6.07, 6.45) is 1.70. The van der Waals surface area contributed by atoms with Gasteiger partial charge in [-0.25, -0.2) is 0 Å². The highest BCUT2D eigenvalue weighted by Gasteiger charge is 2.07. The second-order valence-electron chi connectivity index (χ2n) is 4.54. The molecule has 4 nitrogen and oxygen atoms in total. The van der Waals surface area contributed by atoms with Crippen LogP contribution in [-0.4, -0.2) is 17.4 Å². The van der Waals surface area contributed by atoms with Gasteiger partial charge < -0.3 is 11.1 Å². The van der Waals surface area contributed by atoms with Gasteiger partial charge in [0.05, 0.1) is 18.8 Å². The van der Waals surface area contributed by atoms with Crippen molar-refractivity contribution in [3.05, 3.63) is 65.0 Å². The van der Waals surface area contributed by atoms with E-state index in [-0.39, 0.29) is 5.91 Å². The third-order valence-electron chi connectivity index (χ3n) is 2.98. The summed E-state index contributed by atoms with van der Waals surface area (Å²) in [5.74, 6) is 5.64. The van der Waals surface area contributed by atoms with E-state index in [1.165, 1.54) is 0 Å². The molecule has 0 saturated heterocycles. The molecule has 21 heavy (non-hydrogen) atoms. The maximum Gasteiger partial charge on any atom is 0.251 e. The van der Waals surface area contributed by atoms with E-state index >= 15 is 0 Å². The molecule has 2 aromatic rings. The average Bonchev–Trinajstić information content (AvgIpc) is 2.53. The van der Waals surface area contributed by atoms with Crippen LogP contribution in [0.3, 0.4) is 0 Å². The first-order valence-corrected chi connectivity index (χ1v) is 6.68. The van der Waals surface area contributed by atoms with Crippen LogP contribution in [0.2, 0.25) is 0 Å². The van der Waals surface area contributed by atoms with Crippen molar-refractivity contribution >= 4 is 5.91 Å². The van der Waals surface area contributed by atoms with Gasteiger partial charge in [-0.2, -0.15) is 0 Å². The summed E-state index contributed by atoms with van der Waals surface area (Å²) in [6, 6.07) is 11.1. The molecule has 0 atom stereocenters. The molecule has 0 saturated carbocycles. The molecule has 1 aromatic heterocycles. The highest BCUT2D eigenvalue weighted by Crippen LogP contribution is 2.10. The van der Waals surface area contributed by atoms with Crippen LogP contribution in [0.5, 0.6) is 0 Å². The van der Waals surface area contributed by atoms with Gasteiger partial charge in [0.25, 0.3) is 5.91 Å². The Morgan fingerprint density at radius 2 is 2.19 bits per heavy atom. The van der Waals surface area contributed by atoms with Gasteiger partial charge in [0.15, 0.2) is 0 Å². The Bertz CT molecular complexity index is 684. The van der Waals surface area contributed by atoms with Crippen LogP contribution in [0, 0.1) is 18.8 Å². The first kappa shape index (κ1) is 14.8. The topological polar surface area (TPSA) is 68.0 Å². The summed E-state index contributed by atoms with van der Waals surface area (Å²) < 4.78 is 0. The predicted molar refractivity (Wildman–Crippen MR) is 82.5 cm³/mol. The summed E-state index contributed by atoms with van der Waals surface area (Å²) in [5, 5.41) is 2.84. The summed E-state index contributed by atoms with van der Waals surface area (Å²) in [6.45, 7) is 2.66. The second-order valence-corrected chi connectivity index (χ2v) is 4.54. The van der Waals surface area contributed by atoms with E-state index in [2.05, 4.69) is 22.1 Å². The molecule has 2 rings (SSSR count). The Kier molecular flexibility index (Phi) is 5.08. The van der Waals surface area contributed by atoms with Crippen molar-refractivity contribution < 1.29 is 4.79 Å². The quantitative estimate of drug-likeness (QED) is 0.839. The molecule has 106 valence electrons. The fourth-order valence-electron chi connectivity index (χ4n) is 1.82. The van der Waals surface area contributed by atoms with Crippen molar-refractivity contribution in [3.63, 3.8) is 0 Å². The van der Waals surface area contributed by atoms with Crippen LogP contribution < -0.4 is 11.1 Å². The smallest absolute Gasteiger partial charge is 0.251 e. The Morgan fingerprint density at radius 3 is 2.90 bits per heavy atom. The maximum absolute atomic E-state index is 12.1. The lowest BCUT2D eigenvalue weighted by atomic mass is 10.0. The molecule has 0 aliphatic heterocycles. The molecular weight excluding hydrogens is 262 g/mol. The molecule has 0 aliphatic carbocycles. The maximum atomic E-state index is 12.1. The number of nitrogens with zero attached hydrogens (tertiary/aromatic N) is 1. The molecule has 0 spiro atoms. The Labute approximate surface area is 124 Å². The molecule has 0 aliphatic rings. The Hall–Kier alpha value is -2.64. The Balaban J connectivity index is 2.09. The zero-order valence-corrected chi connectivity index (χ0v) is 11.9. The normalized spacial score (nSPS) is 9.62. The monoisotopic (exact) mass is 279 g/mol. The average molecular weight is 279 g/mol. The zero-order valence-electron chi connectivity index (χ0n) is 11.9. The second kappa shape index (κ2) is 7.22. The number of pyridine rings is 1. The zero-order chi connectivity index (χ0) is 15.1. The number of carbonyl (C=O) groups is 1. The molecule has 1 heterocycles. The molecule has 3 N–H and O–H groups in total. The van der Waals surface area contributed by atoms with Gasteiger partial charge in [-0.15, -0.1) is 0 Å². The largest absolute Gasteiger partial charge is 0.346 e. The molecule has 0 bridgehead atoms. The fraction of sp³-hybridized carbons (Fsp3) is 0.176. The number of nitrogens with two attached hydrogens (primary N) is 1. The van der Waals surface area contributed by atoms with Gasteiger partial charge in [0, 0.05) is 17.3 Å². The summed E-state index contributed by atoms with van der Waals surface area (Å²) in [5.41, 5.74) is 8.63. The van der Waals surface area contributed by atoms with Crippen molar-refractivity contribution in [1.82, 2.24) is 10.3 Å². The van der Waals surface area contributed by atoms with Gasteiger partial charge >= 0.3 is 0 Å². The van der Waals surface area contributed by atoms with E-state index in [1.54, 1.807) is 18.3 Å². The van der Waals surface area contributed by atoms with E-state index in [1.807, 2.05) is 31.2 Å². The van der Waals surface area contributed by atoms with E-state index in [0.29, 0.717) is 18.7 Å². The fourth-order valence-corrected chi connectivity index (χ4v) is 1.82. The summed E-state index contributed by atoms with van der Waals surface area (Å²) in [4.78, 5) is 16.3. The van der Waals surface area contributed by atoms with E-state index in [0.717, 1.165) is 16.8 Å². The number of carbonyl (C=O) groups excluding carboxylic acids is 1. The minimum Gasteiger partial charge on any atom is -0.346 e. The highest BCUT2D eigenvalue weighted by atomic mass is 16.1. The number of hydrogen-bond donors (Lipinski definition) is 2. The SMILES string of the molecule is Cc1ccc(C(=O)NCc2ccccn2)cc1C#CCN. The highest BCUT2D eigenvalue weighted by molar-refractivity contribution is 5.94. The van der Waals surface area contributed by atoms with Crippen LogP contribution in [0.1, 0.15) is 27.2 Å². The molecule has 0 unspecified atom stereocenters. The predicted octanol–water partition coefficient (Wildman–Crippen LogP) is 1.63. The van der Waals surface area contributed by atoms with Gasteiger partial charge in [-0.05, 0) is 36.8 Å². The number of hydrogen-bond acceptors (Lipinski definition) is 3. The van der Waals surface area contributed by atoms with Crippen molar-refractivity contribution in [2.45, 2.75) is 13.5 Å². The lowest BCUT2D eigenvalue weighted by Crippen LogP contribution is -2.23. The number of nitrogens with one attached hydrogen (secondary N) is 1.